The molecule has 1 aromatic rings. The van der Waals surface area contributed by atoms with E-state index in [2.05, 4.69) is 13.8 Å². The molecule has 0 saturated heterocycles. The van der Waals surface area contributed by atoms with Gasteiger partial charge >= 0.3 is 0 Å². The van der Waals surface area contributed by atoms with Crippen LogP contribution >= 0.6 is 12.2 Å². The summed E-state index contributed by atoms with van der Waals surface area (Å²) in [4.78, 5) is 0.430. The maximum Gasteiger partial charge on any atom is 0.123 e. The summed E-state index contributed by atoms with van der Waals surface area (Å²) in [6, 6.07) is 5.96. The number of rotatable bonds is 4. The fraction of sp³-hybridized carbons (Fsp3) is 0.562. The minimum atomic E-state index is 0.350. The van der Waals surface area contributed by atoms with E-state index in [4.69, 9.17) is 22.7 Å². The number of hydrogen-bond donors (Lipinski definition) is 1. The number of hydrogen-bond acceptors (Lipinski definition) is 2. The molecule has 2 N–H and O–H groups in total. The van der Waals surface area contributed by atoms with Gasteiger partial charge < -0.3 is 10.5 Å². The van der Waals surface area contributed by atoms with Gasteiger partial charge in [-0.15, -0.1) is 0 Å². The molecule has 0 amide bonds. The highest BCUT2D eigenvalue weighted by molar-refractivity contribution is 7.80. The molecule has 1 saturated carbocycles. The van der Waals surface area contributed by atoms with Gasteiger partial charge in [-0.1, -0.05) is 37.7 Å². The van der Waals surface area contributed by atoms with Gasteiger partial charge in [-0.25, -0.2) is 0 Å². The SMILES string of the molecule is CCC1CCC(Oc2cc(C(N)=S)ccc2C)CC1. The van der Waals surface area contributed by atoms with Crippen molar-refractivity contribution >= 4 is 17.2 Å². The van der Waals surface area contributed by atoms with E-state index in [0.29, 0.717) is 11.1 Å². The van der Waals surface area contributed by atoms with Crippen molar-refractivity contribution in [3.63, 3.8) is 0 Å². The second kappa shape index (κ2) is 6.38. The minimum Gasteiger partial charge on any atom is -0.490 e. The van der Waals surface area contributed by atoms with Crippen LogP contribution in [0.3, 0.4) is 0 Å². The topological polar surface area (TPSA) is 35.2 Å². The van der Waals surface area contributed by atoms with Gasteiger partial charge in [-0.3, -0.25) is 0 Å². The van der Waals surface area contributed by atoms with Crippen molar-refractivity contribution in [2.24, 2.45) is 11.7 Å². The van der Waals surface area contributed by atoms with Crippen molar-refractivity contribution < 1.29 is 4.74 Å². The summed E-state index contributed by atoms with van der Waals surface area (Å²) in [7, 11) is 0. The zero-order valence-corrected chi connectivity index (χ0v) is 12.6. The van der Waals surface area contributed by atoms with E-state index in [0.717, 1.165) is 35.6 Å². The standard InChI is InChI=1S/C16H23NOS/c1-3-12-5-8-14(9-6-12)18-15-10-13(16(17)19)7-4-11(15)2/h4,7,10,12,14H,3,5-6,8-9H2,1-2H3,(H2,17,19). The van der Waals surface area contributed by atoms with E-state index < -0.39 is 0 Å². The van der Waals surface area contributed by atoms with Crippen LogP contribution in [0.1, 0.15) is 50.2 Å². The zero-order valence-electron chi connectivity index (χ0n) is 11.8. The molecule has 0 bridgehead atoms. The number of nitrogens with two attached hydrogens (primary N) is 1. The van der Waals surface area contributed by atoms with Crippen LogP contribution in [0.25, 0.3) is 0 Å². The van der Waals surface area contributed by atoms with Crippen molar-refractivity contribution in [2.75, 3.05) is 0 Å². The van der Waals surface area contributed by atoms with Crippen LogP contribution in [0.15, 0.2) is 18.2 Å². The monoisotopic (exact) mass is 277 g/mol. The number of thiocarbonyl (C=S) groups is 1. The molecule has 1 aliphatic rings. The highest BCUT2D eigenvalue weighted by Crippen LogP contribution is 2.30. The fourth-order valence-electron chi connectivity index (χ4n) is 2.72. The maximum atomic E-state index is 6.15. The van der Waals surface area contributed by atoms with Gasteiger partial charge in [0.25, 0.3) is 0 Å². The summed E-state index contributed by atoms with van der Waals surface area (Å²) in [5, 5.41) is 0. The molecule has 104 valence electrons. The Bertz CT molecular complexity index is 450. The second-order valence-electron chi connectivity index (χ2n) is 5.51. The average Bonchev–Trinajstić information content (AvgIpc) is 2.42. The number of aryl methyl sites for hydroxylation is 1. The van der Waals surface area contributed by atoms with E-state index in [1.807, 2.05) is 18.2 Å². The van der Waals surface area contributed by atoms with Gasteiger partial charge in [0.2, 0.25) is 0 Å². The minimum absolute atomic E-state index is 0.350. The van der Waals surface area contributed by atoms with Crippen LogP contribution in [0, 0.1) is 12.8 Å². The van der Waals surface area contributed by atoms with E-state index in [1.54, 1.807) is 0 Å². The Labute approximate surface area is 121 Å². The van der Waals surface area contributed by atoms with Gasteiger partial charge in [-0.05, 0) is 50.2 Å². The molecule has 3 heteroatoms. The molecule has 0 aliphatic heterocycles. The first-order valence-corrected chi connectivity index (χ1v) is 7.58. The van der Waals surface area contributed by atoms with E-state index >= 15 is 0 Å². The Kier molecular flexibility index (Phi) is 4.81. The summed E-state index contributed by atoms with van der Waals surface area (Å²) in [5.41, 5.74) is 7.72. The lowest BCUT2D eigenvalue weighted by molar-refractivity contribution is 0.129. The molecule has 1 aliphatic carbocycles. The number of ether oxygens (including phenoxy) is 1. The molecule has 0 heterocycles. The molecular formula is C16H23NOS. The third-order valence-electron chi connectivity index (χ3n) is 4.14. The highest BCUT2D eigenvalue weighted by Gasteiger charge is 2.21. The third kappa shape index (κ3) is 3.69. The van der Waals surface area contributed by atoms with Crippen LogP contribution in [0.2, 0.25) is 0 Å². The van der Waals surface area contributed by atoms with Gasteiger partial charge in [0.05, 0.1) is 6.10 Å². The van der Waals surface area contributed by atoms with Crippen LogP contribution in [0.4, 0.5) is 0 Å². The van der Waals surface area contributed by atoms with Gasteiger partial charge in [0.1, 0.15) is 10.7 Å². The molecule has 0 aromatic heterocycles. The highest BCUT2D eigenvalue weighted by atomic mass is 32.1. The molecule has 2 rings (SSSR count). The summed E-state index contributed by atoms with van der Waals surface area (Å²) in [6.45, 7) is 4.35. The number of benzene rings is 1. The first kappa shape index (κ1) is 14.3. The molecule has 1 fully saturated rings. The van der Waals surface area contributed by atoms with E-state index in [-0.39, 0.29) is 0 Å². The van der Waals surface area contributed by atoms with Crippen LogP contribution in [0.5, 0.6) is 5.75 Å². The van der Waals surface area contributed by atoms with Crippen molar-refractivity contribution in [3.05, 3.63) is 29.3 Å². The Hall–Kier alpha value is -1.09. The quantitative estimate of drug-likeness (QED) is 0.846. The molecule has 2 nitrogen and oxygen atoms in total. The van der Waals surface area contributed by atoms with Gasteiger partial charge in [-0.2, -0.15) is 0 Å². The summed E-state index contributed by atoms with van der Waals surface area (Å²) < 4.78 is 6.15. The molecule has 0 unspecified atom stereocenters. The summed E-state index contributed by atoms with van der Waals surface area (Å²) in [6.07, 6.45) is 6.54. The maximum absolute atomic E-state index is 6.15. The van der Waals surface area contributed by atoms with Crippen LogP contribution in [-0.4, -0.2) is 11.1 Å². The molecule has 0 atom stereocenters. The van der Waals surface area contributed by atoms with Gasteiger partial charge in [0, 0.05) is 5.56 Å². The largest absolute Gasteiger partial charge is 0.490 e. The first-order chi connectivity index (χ1) is 9.10. The Morgan fingerprint density at radius 3 is 2.58 bits per heavy atom. The zero-order chi connectivity index (χ0) is 13.8. The Balaban J connectivity index is 2.03. The lowest BCUT2D eigenvalue weighted by Crippen LogP contribution is -2.24. The fourth-order valence-corrected chi connectivity index (χ4v) is 2.84. The average molecular weight is 277 g/mol. The van der Waals surface area contributed by atoms with E-state index in [9.17, 15) is 0 Å². The lowest BCUT2D eigenvalue weighted by Gasteiger charge is -2.29. The lowest BCUT2D eigenvalue weighted by atomic mass is 9.86. The molecule has 19 heavy (non-hydrogen) atoms. The Morgan fingerprint density at radius 2 is 2.00 bits per heavy atom. The molecule has 0 spiro atoms. The second-order valence-corrected chi connectivity index (χ2v) is 5.95. The predicted molar refractivity (Wildman–Crippen MR) is 83.7 cm³/mol. The van der Waals surface area contributed by atoms with Gasteiger partial charge in [0.15, 0.2) is 0 Å². The molecule has 1 aromatic carbocycles. The smallest absolute Gasteiger partial charge is 0.123 e. The van der Waals surface area contributed by atoms with Crippen molar-refractivity contribution in [2.45, 2.75) is 52.1 Å². The van der Waals surface area contributed by atoms with E-state index in [1.165, 1.54) is 19.3 Å². The van der Waals surface area contributed by atoms with Crippen molar-refractivity contribution in [3.8, 4) is 5.75 Å². The van der Waals surface area contributed by atoms with Crippen molar-refractivity contribution in [1.82, 2.24) is 0 Å². The molecule has 0 radical (unpaired) electrons. The van der Waals surface area contributed by atoms with Crippen LogP contribution in [-0.2, 0) is 0 Å². The predicted octanol–water partition coefficient (Wildman–Crippen LogP) is 3.98. The normalized spacial score (nSPS) is 23.1. The summed E-state index contributed by atoms with van der Waals surface area (Å²) in [5.74, 6) is 1.83. The molecular weight excluding hydrogens is 254 g/mol. The third-order valence-corrected chi connectivity index (χ3v) is 4.37. The Morgan fingerprint density at radius 1 is 1.32 bits per heavy atom. The van der Waals surface area contributed by atoms with Crippen LogP contribution < -0.4 is 10.5 Å². The summed E-state index contributed by atoms with van der Waals surface area (Å²) >= 11 is 5.02. The first-order valence-electron chi connectivity index (χ1n) is 7.17. The van der Waals surface area contributed by atoms with Crippen molar-refractivity contribution in [1.29, 1.82) is 0 Å².